The van der Waals surface area contributed by atoms with Gasteiger partial charge in [0.2, 0.25) is 0 Å². The van der Waals surface area contributed by atoms with E-state index in [1.807, 2.05) is 33.3 Å². The first kappa shape index (κ1) is 26.5. The van der Waals surface area contributed by atoms with Gasteiger partial charge in [-0.05, 0) is 98.2 Å². The maximum Gasteiger partial charge on any atom is -0.00474 e. The van der Waals surface area contributed by atoms with Crippen LogP contribution in [0.15, 0.2) is 35.5 Å². The molecule has 178 valence electrons. The SMILES string of the molecule is CC.CC.CC(C)C/C=C/CC1CCC2C3=CC=C4CC(C)CCC4(C)C3CCC12C. The van der Waals surface area contributed by atoms with E-state index in [4.69, 9.17) is 0 Å². The summed E-state index contributed by atoms with van der Waals surface area (Å²) in [6.45, 7) is 20.4. The molecule has 4 aliphatic rings. The molecule has 4 rings (SSSR count). The van der Waals surface area contributed by atoms with Crippen LogP contribution in [-0.4, -0.2) is 0 Å². The van der Waals surface area contributed by atoms with Gasteiger partial charge in [-0.15, -0.1) is 0 Å². The quantitative estimate of drug-likeness (QED) is 0.392. The molecule has 0 aromatic rings. The number of rotatable bonds is 4. The Hall–Kier alpha value is -0.780. The molecule has 6 unspecified atom stereocenters. The van der Waals surface area contributed by atoms with Crippen LogP contribution in [0.4, 0.5) is 0 Å². The minimum atomic E-state index is 0.479. The van der Waals surface area contributed by atoms with Crippen molar-refractivity contribution >= 4 is 0 Å². The lowest BCUT2D eigenvalue weighted by Gasteiger charge is -2.55. The van der Waals surface area contributed by atoms with E-state index in [-0.39, 0.29) is 0 Å². The molecule has 0 heterocycles. The zero-order valence-corrected chi connectivity index (χ0v) is 22.6. The molecule has 0 bridgehead atoms. The van der Waals surface area contributed by atoms with Gasteiger partial charge in [0.05, 0.1) is 0 Å². The van der Waals surface area contributed by atoms with Crippen molar-refractivity contribution < 1.29 is 0 Å². The number of fused-ring (bicyclic) bond motifs is 5. The summed E-state index contributed by atoms with van der Waals surface area (Å²) in [4.78, 5) is 0. The van der Waals surface area contributed by atoms with E-state index in [1.54, 1.807) is 5.57 Å². The second kappa shape index (κ2) is 11.4. The lowest BCUT2D eigenvalue weighted by molar-refractivity contribution is 0.0656. The summed E-state index contributed by atoms with van der Waals surface area (Å²) in [6, 6.07) is 0. The minimum absolute atomic E-state index is 0.479. The Morgan fingerprint density at radius 1 is 0.903 bits per heavy atom. The second-order valence-corrected chi connectivity index (χ2v) is 11.4. The maximum absolute atomic E-state index is 2.65. The molecule has 31 heavy (non-hydrogen) atoms. The van der Waals surface area contributed by atoms with Gasteiger partial charge in [-0.1, -0.05) is 97.8 Å². The van der Waals surface area contributed by atoms with E-state index in [9.17, 15) is 0 Å². The summed E-state index contributed by atoms with van der Waals surface area (Å²) >= 11 is 0. The van der Waals surface area contributed by atoms with Gasteiger partial charge in [0.1, 0.15) is 0 Å². The second-order valence-electron chi connectivity index (χ2n) is 11.4. The molecule has 0 radical (unpaired) electrons. The molecule has 0 aromatic heterocycles. The van der Waals surface area contributed by atoms with Crippen LogP contribution in [0.5, 0.6) is 0 Å². The third-order valence-electron chi connectivity index (χ3n) is 9.21. The van der Waals surface area contributed by atoms with E-state index in [1.165, 1.54) is 57.8 Å². The third-order valence-corrected chi connectivity index (χ3v) is 9.21. The standard InChI is InChI=1S/C27H42.2C2H6/c1-19(2)8-6-7-9-21-11-13-24-23-12-10-22-18-20(3)14-16-27(22,5)25(23)15-17-26(21,24)4;2*1-2/h6-7,10,12,19-21,24-25H,8-9,11,13-18H2,1-5H3;2*1-2H3/b7-6+;;. The molecule has 3 fully saturated rings. The zero-order valence-electron chi connectivity index (χ0n) is 22.6. The van der Waals surface area contributed by atoms with Crippen molar-refractivity contribution in [2.45, 2.75) is 120 Å². The lowest BCUT2D eigenvalue weighted by atomic mass is 9.50. The molecule has 0 heteroatoms. The van der Waals surface area contributed by atoms with Crippen LogP contribution in [0.3, 0.4) is 0 Å². The fourth-order valence-corrected chi connectivity index (χ4v) is 7.31. The fraction of sp³-hybridized carbons (Fsp3) is 0.806. The highest BCUT2D eigenvalue weighted by molar-refractivity contribution is 5.38. The molecule has 0 saturated heterocycles. The molecule has 0 spiro atoms. The summed E-state index contributed by atoms with van der Waals surface area (Å²) < 4.78 is 0. The van der Waals surface area contributed by atoms with Gasteiger partial charge in [-0.2, -0.15) is 0 Å². The maximum atomic E-state index is 2.65. The highest BCUT2D eigenvalue weighted by Crippen LogP contribution is 2.65. The molecule has 3 saturated carbocycles. The topological polar surface area (TPSA) is 0 Å². The molecule has 4 aliphatic carbocycles. The Morgan fingerprint density at radius 3 is 2.29 bits per heavy atom. The smallest absolute Gasteiger partial charge is 0.00474 e. The molecule has 0 N–H and O–H groups in total. The van der Waals surface area contributed by atoms with Gasteiger partial charge < -0.3 is 0 Å². The van der Waals surface area contributed by atoms with Gasteiger partial charge >= 0.3 is 0 Å². The summed E-state index contributed by atoms with van der Waals surface area (Å²) in [5.41, 5.74) is 4.67. The average molecular weight is 427 g/mol. The highest BCUT2D eigenvalue weighted by Gasteiger charge is 2.55. The van der Waals surface area contributed by atoms with Crippen LogP contribution in [0.2, 0.25) is 0 Å². The van der Waals surface area contributed by atoms with Crippen LogP contribution in [-0.2, 0) is 0 Å². The molecular formula is C31H54. The lowest BCUT2D eigenvalue weighted by Crippen LogP contribution is -2.45. The van der Waals surface area contributed by atoms with Crippen molar-refractivity contribution in [1.29, 1.82) is 0 Å². The first-order valence-electron chi connectivity index (χ1n) is 13.9. The minimum Gasteiger partial charge on any atom is -0.0883 e. The summed E-state index contributed by atoms with van der Waals surface area (Å²) in [5.74, 6) is 4.28. The Bertz CT molecular complexity index is 647. The van der Waals surface area contributed by atoms with Gasteiger partial charge in [-0.25, -0.2) is 0 Å². The van der Waals surface area contributed by atoms with E-state index in [0.29, 0.717) is 10.8 Å². The molecule has 0 amide bonds. The van der Waals surface area contributed by atoms with Gasteiger partial charge in [0.15, 0.2) is 0 Å². The number of hydrogen-bond donors (Lipinski definition) is 0. The Balaban J connectivity index is 0.000000807. The Kier molecular flexibility index (Phi) is 9.72. The Morgan fingerprint density at radius 2 is 1.61 bits per heavy atom. The molecule has 6 atom stereocenters. The molecular weight excluding hydrogens is 372 g/mol. The predicted octanol–water partition coefficient (Wildman–Crippen LogP) is 10.2. The summed E-state index contributed by atoms with van der Waals surface area (Å²) in [7, 11) is 0. The van der Waals surface area contributed by atoms with Gasteiger partial charge in [-0.3, -0.25) is 0 Å². The van der Waals surface area contributed by atoms with Crippen molar-refractivity contribution in [2.24, 2.45) is 40.4 Å². The van der Waals surface area contributed by atoms with Crippen LogP contribution in [0.1, 0.15) is 120 Å². The van der Waals surface area contributed by atoms with E-state index < -0.39 is 0 Å². The normalized spacial score (nSPS) is 38.6. The number of hydrogen-bond acceptors (Lipinski definition) is 0. The predicted molar refractivity (Wildman–Crippen MR) is 140 cm³/mol. The van der Waals surface area contributed by atoms with Crippen molar-refractivity contribution in [2.75, 3.05) is 0 Å². The highest BCUT2D eigenvalue weighted by atomic mass is 14.6. The van der Waals surface area contributed by atoms with Crippen LogP contribution < -0.4 is 0 Å². The van der Waals surface area contributed by atoms with Gasteiger partial charge in [0, 0.05) is 0 Å². The zero-order chi connectivity index (χ0) is 23.2. The monoisotopic (exact) mass is 426 g/mol. The number of allylic oxidation sites excluding steroid dienone is 6. The van der Waals surface area contributed by atoms with Crippen molar-refractivity contribution in [3.05, 3.63) is 35.5 Å². The van der Waals surface area contributed by atoms with Crippen molar-refractivity contribution in [3.8, 4) is 0 Å². The van der Waals surface area contributed by atoms with E-state index in [2.05, 4.69) is 58.9 Å². The molecule has 0 aliphatic heterocycles. The molecule has 0 aromatic carbocycles. The fourth-order valence-electron chi connectivity index (χ4n) is 7.31. The first-order valence-corrected chi connectivity index (χ1v) is 13.9. The largest absolute Gasteiger partial charge is 0.0883 e. The first-order chi connectivity index (χ1) is 14.8. The average Bonchev–Trinajstić information content (AvgIpc) is 3.11. The van der Waals surface area contributed by atoms with E-state index in [0.717, 1.165) is 29.6 Å². The third kappa shape index (κ3) is 5.25. The van der Waals surface area contributed by atoms with Crippen molar-refractivity contribution in [3.63, 3.8) is 0 Å². The summed E-state index contributed by atoms with van der Waals surface area (Å²) in [5, 5.41) is 0. The van der Waals surface area contributed by atoms with E-state index >= 15 is 0 Å². The van der Waals surface area contributed by atoms with Crippen LogP contribution in [0.25, 0.3) is 0 Å². The Labute approximate surface area is 196 Å². The van der Waals surface area contributed by atoms with Crippen LogP contribution in [0, 0.1) is 40.4 Å². The molecule has 0 nitrogen and oxygen atoms in total. The summed E-state index contributed by atoms with van der Waals surface area (Å²) in [6.07, 6.45) is 22.7. The van der Waals surface area contributed by atoms with Crippen molar-refractivity contribution in [1.82, 2.24) is 0 Å². The van der Waals surface area contributed by atoms with Gasteiger partial charge in [0.25, 0.3) is 0 Å². The van der Waals surface area contributed by atoms with Crippen LogP contribution >= 0.6 is 0 Å².